The van der Waals surface area contributed by atoms with Crippen molar-refractivity contribution in [1.29, 1.82) is 5.26 Å². The summed E-state index contributed by atoms with van der Waals surface area (Å²) in [4.78, 5) is -0.0607. The number of nitrogens with zero attached hydrogens (tertiary/aromatic N) is 1. The fourth-order valence-corrected chi connectivity index (χ4v) is 3.06. The second-order valence-corrected chi connectivity index (χ2v) is 6.35. The Kier molecular flexibility index (Phi) is 4.08. The molecule has 0 saturated heterocycles. The molecule has 0 unspecified atom stereocenters. The number of benzene rings is 2. The molecule has 1 heterocycles. The van der Waals surface area contributed by atoms with Gasteiger partial charge in [0.15, 0.2) is 17.2 Å². The lowest BCUT2D eigenvalue weighted by Gasteiger charge is -2.11. The minimum atomic E-state index is -4.08. The topological polar surface area (TPSA) is 85.6 Å². The van der Waals surface area contributed by atoms with E-state index in [0.717, 1.165) is 6.42 Å². The van der Waals surface area contributed by atoms with Gasteiger partial charge in [0.25, 0.3) is 0 Å². The number of ether oxygens (including phenoxy) is 2. The quantitative estimate of drug-likeness (QED) is 0.803. The number of hydrogen-bond donors (Lipinski definition) is 0. The van der Waals surface area contributed by atoms with Crippen LogP contribution in [0.5, 0.6) is 17.2 Å². The lowest BCUT2D eigenvalue weighted by Crippen LogP contribution is -2.11. The molecule has 0 saturated carbocycles. The Morgan fingerprint density at radius 3 is 2.57 bits per heavy atom. The summed E-state index contributed by atoms with van der Waals surface area (Å²) >= 11 is 0. The van der Waals surface area contributed by atoms with Crippen LogP contribution >= 0.6 is 0 Å². The number of fused-ring (bicyclic) bond motifs is 1. The molecule has 2 aromatic carbocycles. The average molecular weight is 331 g/mol. The van der Waals surface area contributed by atoms with Crippen molar-refractivity contribution in [3.8, 4) is 23.3 Å². The predicted molar refractivity (Wildman–Crippen MR) is 81.0 cm³/mol. The van der Waals surface area contributed by atoms with E-state index in [-0.39, 0.29) is 16.2 Å². The van der Waals surface area contributed by atoms with E-state index in [1.807, 2.05) is 6.07 Å². The van der Waals surface area contributed by atoms with Crippen molar-refractivity contribution < 1.29 is 22.1 Å². The molecule has 3 rings (SSSR count). The molecule has 0 aliphatic carbocycles. The monoisotopic (exact) mass is 331 g/mol. The lowest BCUT2D eigenvalue weighted by atomic mass is 10.2. The van der Waals surface area contributed by atoms with E-state index in [0.29, 0.717) is 24.7 Å². The molecule has 7 heteroatoms. The zero-order chi connectivity index (χ0) is 16.3. The summed E-state index contributed by atoms with van der Waals surface area (Å²) in [5, 5.41) is 9.01. The number of para-hydroxylation sites is 1. The van der Waals surface area contributed by atoms with Crippen LogP contribution in [-0.4, -0.2) is 21.6 Å². The van der Waals surface area contributed by atoms with E-state index < -0.39 is 10.1 Å². The normalized spacial score (nSPS) is 13.7. The molecule has 1 aliphatic rings. The van der Waals surface area contributed by atoms with Gasteiger partial charge in [-0.25, -0.2) is 0 Å². The van der Waals surface area contributed by atoms with Gasteiger partial charge < -0.3 is 13.7 Å². The molecule has 0 radical (unpaired) electrons. The van der Waals surface area contributed by atoms with Crippen LogP contribution in [0.2, 0.25) is 0 Å². The fraction of sp³-hybridized carbons (Fsp3) is 0.188. The lowest BCUT2D eigenvalue weighted by molar-refractivity contribution is 0.296. The number of hydrogen-bond acceptors (Lipinski definition) is 6. The van der Waals surface area contributed by atoms with Crippen molar-refractivity contribution in [3.05, 3.63) is 48.0 Å². The van der Waals surface area contributed by atoms with Crippen LogP contribution in [0, 0.1) is 11.3 Å². The Labute approximate surface area is 134 Å². The third-order valence-corrected chi connectivity index (χ3v) is 4.44. The minimum absolute atomic E-state index is 0.0119. The summed E-state index contributed by atoms with van der Waals surface area (Å²) in [7, 11) is -4.08. The minimum Gasteiger partial charge on any atom is -0.490 e. The highest BCUT2D eigenvalue weighted by Crippen LogP contribution is 2.33. The summed E-state index contributed by atoms with van der Waals surface area (Å²) < 4.78 is 40.9. The molecule has 118 valence electrons. The van der Waals surface area contributed by atoms with Crippen molar-refractivity contribution in [2.75, 3.05) is 13.2 Å². The Morgan fingerprint density at radius 2 is 1.78 bits per heavy atom. The maximum atomic E-state index is 12.4. The first kappa shape index (κ1) is 15.2. The summed E-state index contributed by atoms with van der Waals surface area (Å²) in [6.45, 7) is 0.972. The number of nitriles is 1. The molecular weight excluding hydrogens is 318 g/mol. The fourth-order valence-electron chi connectivity index (χ4n) is 2.10. The average Bonchev–Trinajstić information content (AvgIpc) is 2.79. The summed E-state index contributed by atoms with van der Waals surface area (Å²) in [6.07, 6.45) is 0.725. The van der Waals surface area contributed by atoms with Crippen LogP contribution in [0.3, 0.4) is 0 Å². The summed E-state index contributed by atoms with van der Waals surface area (Å²) in [5.41, 5.74) is 0.144. The van der Waals surface area contributed by atoms with Crippen LogP contribution in [0.15, 0.2) is 47.4 Å². The van der Waals surface area contributed by atoms with Gasteiger partial charge in [0, 0.05) is 12.5 Å². The van der Waals surface area contributed by atoms with Crippen molar-refractivity contribution in [2.24, 2.45) is 0 Å². The van der Waals surface area contributed by atoms with E-state index in [9.17, 15) is 8.42 Å². The Balaban J connectivity index is 1.94. The molecule has 23 heavy (non-hydrogen) atoms. The van der Waals surface area contributed by atoms with Gasteiger partial charge in [0.2, 0.25) is 0 Å². The van der Waals surface area contributed by atoms with Crippen molar-refractivity contribution in [3.63, 3.8) is 0 Å². The van der Waals surface area contributed by atoms with Gasteiger partial charge in [-0.1, -0.05) is 12.1 Å². The van der Waals surface area contributed by atoms with Gasteiger partial charge in [0.1, 0.15) is 11.0 Å². The highest BCUT2D eigenvalue weighted by molar-refractivity contribution is 7.87. The smallest absolute Gasteiger partial charge is 0.339 e. The van der Waals surface area contributed by atoms with Gasteiger partial charge >= 0.3 is 10.1 Å². The van der Waals surface area contributed by atoms with Gasteiger partial charge in [-0.3, -0.25) is 0 Å². The maximum absolute atomic E-state index is 12.4. The van der Waals surface area contributed by atoms with E-state index in [4.69, 9.17) is 18.9 Å². The molecule has 0 N–H and O–H groups in total. The molecule has 0 amide bonds. The Morgan fingerprint density at radius 1 is 1.04 bits per heavy atom. The van der Waals surface area contributed by atoms with Crippen LogP contribution in [-0.2, 0) is 10.1 Å². The molecule has 6 nitrogen and oxygen atoms in total. The van der Waals surface area contributed by atoms with Crippen molar-refractivity contribution >= 4 is 10.1 Å². The zero-order valence-electron chi connectivity index (χ0n) is 12.1. The van der Waals surface area contributed by atoms with Crippen molar-refractivity contribution in [2.45, 2.75) is 11.3 Å². The largest absolute Gasteiger partial charge is 0.490 e. The van der Waals surface area contributed by atoms with Crippen LogP contribution in [0.25, 0.3) is 0 Å². The molecule has 0 bridgehead atoms. The zero-order valence-corrected chi connectivity index (χ0v) is 12.9. The molecule has 2 aromatic rings. The van der Waals surface area contributed by atoms with E-state index >= 15 is 0 Å². The summed E-state index contributed by atoms with van der Waals surface area (Å²) in [6, 6.07) is 12.3. The first-order chi connectivity index (χ1) is 11.1. The van der Waals surface area contributed by atoms with Crippen LogP contribution < -0.4 is 13.7 Å². The SMILES string of the molecule is N#Cc1ccccc1OS(=O)(=O)c1ccc2c(c1)OCCCO2. The van der Waals surface area contributed by atoms with Gasteiger partial charge in [-0.2, -0.15) is 13.7 Å². The van der Waals surface area contributed by atoms with E-state index in [1.54, 1.807) is 12.1 Å². The second kappa shape index (κ2) is 6.18. The Bertz CT molecular complexity index is 870. The maximum Gasteiger partial charge on any atom is 0.339 e. The third-order valence-electron chi connectivity index (χ3n) is 3.21. The number of rotatable bonds is 3. The van der Waals surface area contributed by atoms with Gasteiger partial charge in [-0.05, 0) is 24.3 Å². The van der Waals surface area contributed by atoms with E-state index in [2.05, 4.69) is 0 Å². The molecule has 0 spiro atoms. The van der Waals surface area contributed by atoms with Crippen LogP contribution in [0.4, 0.5) is 0 Å². The Hall–Kier alpha value is -2.72. The molecule has 1 aliphatic heterocycles. The molecular formula is C16H13NO5S. The first-order valence-corrected chi connectivity index (χ1v) is 8.34. The molecule has 0 atom stereocenters. The van der Waals surface area contributed by atoms with Gasteiger partial charge in [-0.15, -0.1) is 0 Å². The second-order valence-electron chi connectivity index (χ2n) is 4.80. The summed E-state index contributed by atoms with van der Waals surface area (Å²) in [5.74, 6) is 0.849. The predicted octanol–water partition coefficient (Wildman–Crippen LogP) is 2.49. The molecule has 0 aromatic heterocycles. The van der Waals surface area contributed by atoms with Crippen LogP contribution in [0.1, 0.15) is 12.0 Å². The standard InChI is InChI=1S/C16H13NO5S/c17-11-12-4-1-2-5-14(12)22-23(18,19)13-6-7-15-16(10-13)21-9-3-8-20-15/h1-2,4-7,10H,3,8-9H2. The van der Waals surface area contributed by atoms with Crippen molar-refractivity contribution in [1.82, 2.24) is 0 Å². The van der Waals surface area contributed by atoms with E-state index in [1.165, 1.54) is 30.3 Å². The third kappa shape index (κ3) is 3.22. The highest BCUT2D eigenvalue weighted by Gasteiger charge is 2.21. The first-order valence-electron chi connectivity index (χ1n) is 6.93. The van der Waals surface area contributed by atoms with Gasteiger partial charge in [0.05, 0.1) is 18.8 Å². The molecule has 0 fully saturated rings. The highest BCUT2D eigenvalue weighted by atomic mass is 32.2.